The Kier molecular flexibility index (Phi) is 3.30. The lowest BCUT2D eigenvalue weighted by Crippen LogP contribution is -2.39. The fraction of sp³-hybridized carbons (Fsp3) is 0.308. The molecule has 21 heavy (non-hydrogen) atoms. The molecule has 0 aromatic heterocycles. The monoisotopic (exact) mass is 327 g/mol. The van der Waals surface area contributed by atoms with Gasteiger partial charge in [0.05, 0.1) is 28.2 Å². The minimum Gasteiger partial charge on any atom is -0.397 e. The summed E-state index contributed by atoms with van der Waals surface area (Å²) in [7, 11) is 0. The van der Waals surface area contributed by atoms with Crippen LogP contribution in [0.3, 0.4) is 0 Å². The molecule has 1 aliphatic carbocycles. The number of nitrogen functional groups attached to an aromatic ring is 1. The van der Waals surface area contributed by atoms with Crippen molar-refractivity contribution in [3.63, 3.8) is 0 Å². The molecule has 110 valence electrons. The second-order valence-electron chi connectivity index (χ2n) is 5.11. The summed E-state index contributed by atoms with van der Waals surface area (Å²) in [5, 5.41) is 3.04. The van der Waals surface area contributed by atoms with Gasteiger partial charge in [-0.1, -0.05) is 23.2 Å². The van der Waals surface area contributed by atoms with Crippen LogP contribution in [0.1, 0.15) is 6.42 Å². The number of nitrogens with zero attached hydrogens (tertiary/aromatic N) is 1. The molecular formula is C13H11Cl2N3O3. The van der Waals surface area contributed by atoms with E-state index in [-0.39, 0.29) is 46.6 Å². The Morgan fingerprint density at radius 2 is 1.90 bits per heavy atom. The maximum Gasteiger partial charge on any atom is 0.244 e. The van der Waals surface area contributed by atoms with Gasteiger partial charge in [0.15, 0.2) is 0 Å². The third-order valence-electron chi connectivity index (χ3n) is 3.61. The maximum atomic E-state index is 12.0. The molecule has 2 atom stereocenters. The van der Waals surface area contributed by atoms with Crippen LogP contribution < -0.4 is 11.1 Å². The van der Waals surface area contributed by atoms with Crippen LogP contribution in [0.2, 0.25) is 10.0 Å². The Hall–Kier alpha value is -1.79. The highest BCUT2D eigenvalue weighted by molar-refractivity contribution is 6.37. The SMILES string of the molecule is Nc1cc(Cl)cc(Cl)c1NC(=O)CN1C(=O)C2CC2C1=O. The predicted octanol–water partition coefficient (Wildman–Crippen LogP) is 1.52. The number of piperidine rings is 1. The van der Waals surface area contributed by atoms with Crippen molar-refractivity contribution in [2.75, 3.05) is 17.6 Å². The molecule has 0 radical (unpaired) electrons. The molecule has 3 N–H and O–H groups in total. The average Bonchev–Trinajstić information content (AvgIpc) is 3.14. The van der Waals surface area contributed by atoms with Gasteiger partial charge in [0.25, 0.3) is 0 Å². The molecular weight excluding hydrogens is 317 g/mol. The zero-order valence-corrected chi connectivity index (χ0v) is 12.2. The van der Waals surface area contributed by atoms with E-state index < -0.39 is 5.91 Å². The number of benzene rings is 1. The van der Waals surface area contributed by atoms with E-state index in [1.165, 1.54) is 12.1 Å². The number of carbonyl (C=O) groups is 3. The lowest BCUT2D eigenvalue weighted by molar-refractivity contribution is -0.143. The van der Waals surface area contributed by atoms with Crippen molar-refractivity contribution in [1.29, 1.82) is 0 Å². The summed E-state index contributed by atoms with van der Waals surface area (Å²) < 4.78 is 0. The first-order chi connectivity index (χ1) is 9.88. The topological polar surface area (TPSA) is 92.5 Å². The summed E-state index contributed by atoms with van der Waals surface area (Å²) >= 11 is 11.7. The highest BCUT2D eigenvalue weighted by atomic mass is 35.5. The lowest BCUT2D eigenvalue weighted by atomic mass is 10.2. The molecule has 6 nitrogen and oxygen atoms in total. The number of carbonyl (C=O) groups excluding carboxylic acids is 3. The van der Waals surface area contributed by atoms with Crippen LogP contribution in [0, 0.1) is 11.8 Å². The molecule has 2 fully saturated rings. The summed E-state index contributed by atoms with van der Waals surface area (Å²) in [4.78, 5) is 36.5. The zero-order chi connectivity index (χ0) is 15.3. The van der Waals surface area contributed by atoms with Gasteiger partial charge in [0, 0.05) is 5.02 Å². The van der Waals surface area contributed by atoms with Crippen molar-refractivity contribution >= 4 is 52.3 Å². The Morgan fingerprint density at radius 3 is 2.48 bits per heavy atom. The minimum atomic E-state index is -0.533. The van der Waals surface area contributed by atoms with Crippen LogP contribution in [0.25, 0.3) is 0 Å². The highest BCUT2D eigenvalue weighted by Gasteiger charge is 2.59. The standard InChI is InChI=1S/C13H11Cl2N3O3/c14-5-1-8(15)11(9(16)2-5)17-10(19)4-18-12(20)6-3-7(6)13(18)21/h1-2,6-7H,3-4,16H2,(H,17,19). The van der Waals surface area contributed by atoms with E-state index in [1.54, 1.807) is 0 Å². The molecule has 1 heterocycles. The van der Waals surface area contributed by atoms with Crippen LogP contribution in [-0.2, 0) is 14.4 Å². The van der Waals surface area contributed by atoms with E-state index in [2.05, 4.69) is 5.32 Å². The predicted molar refractivity (Wildman–Crippen MR) is 77.8 cm³/mol. The molecule has 8 heteroatoms. The van der Waals surface area contributed by atoms with E-state index >= 15 is 0 Å². The van der Waals surface area contributed by atoms with Gasteiger partial charge in [-0.3, -0.25) is 19.3 Å². The summed E-state index contributed by atoms with van der Waals surface area (Å²) in [5.74, 6) is -1.55. The number of rotatable bonds is 3. The van der Waals surface area contributed by atoms with E-state index in [1.807, 2.05) is 0 Å². The van der Waals surface area contributed by atoms with Gasteiger partial charge in [-0.15, -0.1) is 0 Å². The second kappa shape index (κ2) is 4.89. The van der Waals surface area contributed by atoms with E-state index in [4.69, 9.17) is 28.9 Å². The quantitative estimate of drug-likeness (QED) is 0.650. The van der Waals surface area contributed by atoms with Crippen LogP contribution >= 0.6 is 23.2 Å². The van der Waals surface area contributed by atoms with Crippen molar-refractivity contribution in [3.8, 4) is 0 Å². The second-order valence-corrected chi connectivity index (χ2v) is 5.95. The number of nitrogens with one attached hydrogen (secondary N) is 1. The van der Waals surface area contributed by atoms with E-state index in [9.17, 15) is 14.4 Å². The summed E-state index contributed by atoms with van der Waals surface area (Å²) in [6.45, 7) is -0.330. The summed E-state index contributed by atoms with van der Waals surface area (Å²) in [5.41, 5.74) is 6.16. The van der Waals surface area contributed by atoms with Crippen molar-refractivity contribution < 1.29 is 14.4 Å². The lowest BCUT2D eigenvalue weighted by Gasteiger charge is -2.17. The van der Waals surface area contributed by atoms with Gasteiger partial charge >= 0.3 is 0 Å². The van der Waals surface area contributed by atoms with Gasteiger partial charge in [-0.2, -0.15) is 0 Å². The molecule has 2 aliphatic rings. The van der Waals surface area contributed by atoms with Gasteiger partial charge in [-0.25, -0.2) is 0 Å². The molecule has 1 saturated heterocycles. The van der Waals surface area contributed by atoms with Crippen molar-refractivity contribution in [2.45, 2.75) is 6.42 Å². The first-order valence-corrected chi connectivity index (χ1v) is 7.03. The Labute approximate surface area is 130 Å². The molecule has 1 aromatic rings. The van der Waals surface area contributed by atoms with Crippen molar-refractivity contribution in [2.24, 2.45) is 11.8 Å². The molecule has 0 spiro atoms. The molecule has 1 aliphatic heterocycles. The fourth-order valence-electron chi connectivity index (χ4n) is 2.45. The van der Waals surface area contributed by atoms with Crippen molar-refractivity contribution in [1.82, 2.24) is 4.90 Å². The Morgan fingerprint density at radius 1 is 1.29 bits per heavy atom. The number of amides is 3. The number of halogens is 2. The number of imide groups is 1. The highest BCUT2D eigenvalue weighted by Crippen LogP contribution is 2.46. The molecule has 0 bridgehead atoms. The maximum absolute atomic E-state index is 12.0. The van der Waals surface area contributed by atoms with Crippen LogP contribution in [0.5, 0.6) is 0 Å². The number of likely N-dealkylation sites (tertiary alicyclic amines) is 1. The van der Waals surface area contributed by atoms with Gasteiger partial charge in [0.1, 0.15) is 6.54 Å². The van der Waals surface area contributed by atoms with Gasteiger partial charge in [0.2, 0.25) is 17.7 Å². The number of anilines is 2. The van der Waals surface area contributed by atoms with Crippen LogP contribution in [0.15, 0.2) is 12.1 Å². The van der Waals surface area contributed by atoms with E-state index in [0.717, 1.165) is 4.90 Å². The van der Waals surface area contributed by atoms with Crippen molar-refractivity contribution in [3.05, 3.63) is 22.2 Å². The third-order valence-corrected chi connectivity index (χ3v) is 4.12. The van der Waals surface area contributed by atoms with Gasteiger partial charge in [-0.05, 0) is 18.6 Å². The number of fused-ring (bicyclic) bond motifs is 1. The smallest absolute Gasteiger partial charge is 0.244 e. The molecule has 2 unspecified atom stereocenters. The number of hydrogen-bond donors (Lipinski definition) is 2. The zero-order valence-electron chi connectivity index (χ0n) is 10.7. The number of hydrogen-bond acceptors (Lipinski definition) is 4. The summed E-state index contributed by atoms with van der Waals surface area (Å²) in [6.07, 6.45) is 0.603. The normalized spacial score (nSPS) is 23.2. The van der Waals surface area contributed by atoms with Gasteiger partial charge < -0.3 is 11.1 Å². The van der Waals surface area contributed by atoms with E-state index in [0.29, 0.717) is 11.4 Å². The fourth-order valence-corrected chi connectivity index (χ4v) is 3.01. The average molecular weight is 328 g/mol. The molecule has 1 aromatic carbocycles. The summed E-state index contributed by atoms with van der Waals surface area (Å²) in [6, 6.07) is 2.89. The Balaban J connectivity index is 1.70. The molecule has 1 saturated carbocycles. The first-order valence-electron chi connectivity index (χ1n) is 6.28. The largest absolute Gasteiger partial charge is 0.397 e. The Bertz CT molecular complexity index is 634. The number of nitrogens with two attached hydrogens (primary N) is 1. The minimum absolute atomic E-state index is 0.190. The van der Waals surface area contributed by atoms with Crippen LogP contribution in [0.4, 0.5) is 11.4 Å². The molecule has 3 rings (SSSR count). The third kappa shape index (κ3) is 2.45. The van der Waals surface area contributed by atoms with Crippen LogP contribution in [-0.4, -0.2) is 29.2 Å². The molecule has 3 amide bonds. The first kappa shape index (κ1) is 14.2.